The molecule has 3 rings (SSSR count). The van der Waals surface area contributed by atoms with E-state index in [-0.39, 0.29) is 36.6 Å². The average Bonchev–Trinajstić information content (AvgIpc) is 2.85. The zero-order valence-corrected chi connectivity index (χ0v) is 19.8. The molecule has 0 radical (unpaired) electrons. The first kappa shape index (κ1) is 21.9. The Balaban J connectivity index is 2.08. The molecule has 28 heavy (non-hydrogen) atoms. The lowest BCUT2D eigenvalue weighted by atomic mass is 9.64. The van der Waals surface area contributed by atoms with Crippen molar-refractivity contribution in [3.8, 4) is 0 Å². The Hall–Kier alpha value is -0.810. The molecule has 0 atom stereocenters. The van der Waals surface area contributed by atoms with E-state index in [2.05, 4.69) is 83.1 Å². The quantitative estimate of drug-likeness (QED) is 0.730. The molecule has 2 saturated heterocycles. The summed E-state index contributed by atoms with van der Waals surface area (Å²) in [5, 5.41) is 0. The van der Waals surface area contributed by atoms with Gasteiger partial charge >= 0.3 is 14.2 Å². The standard InChI is InChI=1S/C22H36B2O4/c1-13-14(2)18(24-27-21(9,10)22(11,12)28-24)16(4)15(3)17(13)23-25-19(5,6)20(7,8)26-23/h1-12H3. The average molecular weight is 386 g/mol. The molecule has 2 aliphatic rings. The lowest BCUT2D eigenvalue weighted by Gasteiger charge is -2.32. The van der Waals surface area contributed by atoms with Gasteiger partial charge < -0.3 is 18.6 Å². The van der Waals surface area contributed by atoms with Crippen molar-refractivity contribution in [2.75, 3.05) is 0 Å². The van der Waals surface area contributed by atoms with Gasteiger partial charge in [0.1, 0.15) is 0 Å². The van der Waals surface area contributed by atoms with Gasteiger partial charge in [-0.3, -0.25) is 0 Å². The summed E-state index contributed by atoms with van der Waals surface area (Å²) in [6.07, 6.45) is 0. The third kappa shape index (κ3) is 3.08. The van der Waals surface area contributed by atoms with Crippen LogP contribution < -0.4 is 10.9 Å². The minimum Gasteiger partial charge on any atom is -0.399 e. The van der Waals surface area contributed by atoms with E-state index >= 15 is 0 Å². The molecule has 0 spiro atoms. The molecule has 1 aromatic rings. The Kier molecular flexibility index (Phi) is 4.96. The molecule has 0 N–H and O–H groups in total. The van der Waals surface area contributed by atoms with E-state index in [0.717, 1.165) is 10.9 Å². The Morgan fingerprint density at radius 2 is 0.607 bits per heavy atom. The summed E-state index contributed by atoms with van der Waals surface area (Å²) in [7, 11) is -0.732. The van der Waals surface area contributed by atoms with Crippen molar-refractivity contribution >= 4 is 25.2 Å². The van der Waals surface area contributed by atoms with E-state index in [0.29, 0.717) is 0 Å². The van der Waals surface area contributed by atoms with Crippen molar-refractivity contribution in [3.05, 3.63) is 22.3 Å². The fourth-order valence-electron chi connectivity index (χ4n) is 4.00. The van der Waals surface area contributed by atoms with E-state index in [1.54, 1.807) is 0 Å². The van der Waals surface area contributed by atoms with Crippen molar-refractivity contribution in [2.45, 2.75) is 105 Å². The second kappa shape index (κ2) is 6.34. The number of rotatable bonds is 2. The molecule has 0 unspecified atom stereocenters. The molecule has 2 fully saturated rings. The Morgan fingerprint density at radius 3 is 0.786 bits per heavy atom. The molecule has 0 aromatic heterocycles. The smallest absolute Gasteiger partial charge is 0.399 e. The van der Waals surface area contributed by atoms with E-state index in [9.17, 15) is 0 Å². The van der Waals surface area contributed by atoms with Crippen LogP contribution in [-0.4, -0.2) is 36.6 Å². The lowest BCUT2D eigenvalue weighted by Crippen LogP contribution is -2.45. The van der Waals surface area contributed by atoms with Crippen LogP contribution in [0.3, 0.4) is 0 Å². The number of benzene rings is 1. The largest absolute Gasteiger partial charge is 0.495 e. The van der Waals surface area contributed by atoms with E-state index in [1.807, 2.05) is 0 Å². The third-order valence-electron chi connectivity index (χ3n) is 7.72. The van der Waals surface area contributed by atoms with Gasteiger partial charge in [0.2, 0.25) is 0 Å². The first-order valence-electron chi connectivity index (χ1n) is 10.3. The first-order valence-corrected chi connectivity index (χ1v) is 10.3. The van der Waals surface area contributed by atoms with Crippen molar-refractivity contribution in [3.63, 3.8) is 0 Å². The van der Waals surface area contributed by atoms with Crippen molar-refractivity contribution in [2.24, 2.45) is 0 Å². The highest BCUT2D eigenvalue weighted by molar-refractivity contribution is 6.66. The first-order chi connectivity index (χ1) is 12.5. The Labute approximate surface area is 171 Å². The normalized spacial score (nSPS) is 24.9. The molecule has 1 aromatic carbocycles. The second-order valence-corrected chi connectivity index (χ2v) is 10.5. The maximum absolute atomic E-state index is 6.37. The zero-order chi connectivity index (χ0) is 21.4. The van der Waals surface area contributed by atoms with Crippen molar-refractivity contribution in [1.29, 1.82) is 0 Å². The van der Waals surface area contributed by atoms with Gasteiger partial charge in [-0.05, 0) is 116 Å². The van der Waals surface area contributed by atoms with Crippen LogP contribution in [-0.2, 0) is 18.6 Å². The molecule has 154 valence electrons. The van der Waals surface area contributed by atoms with Gasteiger partial charge in [-0.25, -0.2) is 0 Å². The van der Waals surface area contributed by atoms with Gasteiger partial charge in [-0.15, -0.1) is 0 Å². The summed E-state index contributed by atoms with van der Waals surface area (Å²) in [5.41, 5.74) is 5.58. The molecular weight excluding hydrogens is 350 g/mol. The highest BCUT2D eigenvalue weighted by Gasteiger charge is 2.55. The van der Waals surface area contributed by atoms with Crippen LogP contribution in [0, 0.1) is 27.7 Å². The van der Waals surface area contributed by atoms with E-state index < -0.39 is 0 Å². The van der Waals surface area contributed by atoms with Crippen molar-refractivity contribution < 1.29 is 18.6 Å². The van der Waals surface area contributed by atoms with Crippen LogP contribution in [0.1, 0.15) is 77.6 Å². The molecule has 2 aliphatic heterocycles. The predicted octanol–water partition coefficient (Wildman–Crippen LogP) is 3.52. The summed E-state index contributed by atoms with van der Waals surface area (Å²) >= 11 is 0. The summed E-state index contributed by atoms with van der Waals surface area (Å²) in [5.74, 6) is 0. The van der Waals surface area contributed by atoms with Crippen LogP contribution in [0.4, 0.5) is 0 Å². The van der Waals surface area contributed by atoms with Crippen LogP contribution in [0.5, 0.6) is 0 Å². The minimum atomic E-state index is -0.366. The van der Waals surface area contributed by atoms with Gasteiger partial charge in [0, 0.05) is 0 Å². The Morgan fingerprint density at radius 1 is 0.429 bits per heavy atom. The summed E-state index contributed by atoms with van der Waals surface area (Å²) in [6, 6.07) is 0. The minimum absolute atomic E-state index is 0.358. The molecule has 2 heterocycles. The highest BCUT2D eigenvalue weighted by Crippen LogP contribution is 2.39. The van der Waals surface area contributed by atoms with Gasteiger partial charge in [-0.2, -0.15) is 0 Å². The fraction of sp³-hybridized carbons (Fsp3) is 0.727. The highest BCUT2D eigenvalue weighted by atomic mass is 16.7. The van der Waals surface area contributed by atoms with Crippen LogP contribution in [0.2, 0.25) is 0 Å². The molecule has 0 aliphatic carbocycles. The zero-order valence-electron chi connectivity index (χ0n) is 19.8. The molecule has 0 amide bonds. The summed E-state index contributed by atoms with van der Waals surface area (Å²) < 4.78 is 25.5. The molecule has 6 heteroatoms. The lowest BCUT2D eigenvalue weighted by molar-refractivity contribution is 0.00578. The van der Waals surface area contributed by atoms with Gasteiger partial charge in [0.25, 0.3) is 0 Å². The predicted molar refractivity (Wildman–Crippen MR) is 117 cm³/mol. The molecular formula is C22H36B2O4. The van der Waals surface area contributed by atoms with Crippen LogP contribution in [0.15, 0.2) is 0 Å². The maximum Gasteiger partial charge on any atom is 0.495 e. The molecule has 0 bridgehead atoms. The maximum atomic E-state index is 6.37. The third-order valence-corrected chi connectivity index (χ3v) is 7.72. The SMILES string of the molecule is Cc1c(C)c(B2OC(C)(C)C(C)(C)O2)c(C)c(C)c1B1OC(C)(C)C(C)(C)O1. The summed E-state index contributed by atoms with van der Waals surface area (Å²) in [6.45, 7) is 25.3. The van der Waals surface area contributed by atoms with Crippen molar-refractivity contribution in [1.82, 2.24) is 0 Å². The number of hydrogen-bond donors (Lipinski definition) is 0. The molecule has 4 nitrogen and oxygen atoms in total. The number of hydrogen-bond acceptors (Lipinski definition) is 4. The fourth-order valence-corrected chi connectivity index (χ4v) is 4.00. The van der Waals surface area contributed by atoms with E-state index in [1.165, 1.54) is 22.3 Å². The van der Waals surface area contributed by atoms with Crippen LogP contribution >= 0.6 is 0 Å². The van der Waals surface area contributed by atoms with Gasteiger partial charge in [0.15, 0.2) is 0 Å². The van der Waals surface area contributed by atoms with E-state index in [4.69, 9.17) is 18.6 Å². The second-order valence-electron chi connectivity index (χ2n) is 10.5. The Bertz CT molecular complexity index is 683. The monoisotopic (exact) mass is 386 g/mol. The van der Waals surface area contributed by atoms with Crippen LogP contribution in [0.25, 0.3) is 0 Å². The van der Waals surface area contributed by atoms with Gasteiger partial charge in [-0.1, -0.05) is 0 Å². The van der Waals surface area contributed by atoms with Gasteiger partial charge in [0.05, 0.1) is 22.4 Å². The molecule has 0 saturated carbocycles. The summed E-state index contributed by atoms with van der Waals surface area (Å²) in [4.78, 5) is 0. The topological polar surface area (TPSA) is 36.9 Å².